The zero-order valence-corrected chi connectivity index (χ0v) is 17.7. The van der Waals surface area contributed by atoms with Crippen molar-refractivity contribution < 1.29 is 9.53 Å². The summed E-state index contributed by atoms with van der Waals surface area (Å²) in [6, 6.07) is 20.5. The van der Waals surface area contributed by atoms with Gasteiger partial charge in [0.15, 0.2) is 5.69 Å². The van der Waals surface area contributed by atoms with Crippen molar-refractivity contribution in [2.24, 2.45) is 0 Å². The average molecular weight is 391 g/mol. The highest BCUT2D eigenvalue weighted by atomic mass is 28.3. The lowest BCUT2D eigenvalue weighted by Crippen LogP contribution is -2.23. The van der Waals surface area contributed by atoms with Crippen LogP contribution in [0.2, 0.25) is 25.7 Å². The van der Waals surface area contributed by atoms with Gasteiger partial charge in [0.05, 0.1) is 12.3 Å². The van der Waals surface area contributed by atoms with Gasteiger partial charge < -0.3 is 4.74 Å². The molecule has 28 heavy (non-hydrogen) atoms. The van der Waals surface area contributed by atoms with Crippen molar-refractivity contribution in [2.75, 3.05) is 6.61 Å². The van der Waals surface area contributed by atoms with Crippen LogP contribution >= 0.6 is 0 Å². The fourth-order valence-corrected chi connectivity index (χ4v) is 3.49. The number of hydrogen-bond donors (Lipinski definition) is 0. The summed E-state index contributed by atoms with van der Waals surface area (Å²) in [5.41, 5.74) is 3.64. The van der Waals surface area contributed by atoms with Crippen LogP contribution in [0.15, 0.2) is 73.4 Å². The second-order valence-electron chi connectivity index (χ2n) is 7.96. The summed E-state index contributed by atoms with van der Waals surface area (Å²) in [5, 5.41) is 4.53. The van der Waals surface area contributed by atoms with Crippen LogP contribution in [0.4, 0.5) is 0 Å². The Morgan fingerprint density at radius 1 is 1.04 bits per heavy atom. The summed E-state index contributed by atoms with van der Waals surface area (Å²) in [7, 11) is -1.28. The van der Waals surface area contributed by atoms with Crippen LogP contribution in [0.5, 0.6) is 0 Å². The molecule has 0 saturated heterocycles. The Bertz CT molecular complexity index is 957. The van der Waals surface area contributed by atoms with Gasteiger partial charge in [0, 0.05) is 19.8 Å². The molecule has 0 aliphatic carbocycles. The molecule has 0 unspecified atom stereocenters. The van der Waals surface area contributed by atoms with Crippen molar-refractivity contribution in [1.29, 1.82) is 0 Å². The summed E-state index contributed by atoms with van der Waals surface area (Å²) in [4.78, 5) is 12.8. The van der Waals surface area contributed by atoms with Gasteiger partial charge in [0.25, 0.3) is 0 Å². The van der Waals surface area contributed by atoms with Crippen LogP contribution in [-0.4, -0.2) is 30.4 Å². The monoisotopic (exact) mass is 390 g/mol. The third-order valence-electron chi connectivity index (χ3n) is 4.46. The number of rotatable bonds is 7. The lowest BCUT2D eigenvalue weighted by molar-refractivity contribution is 0.0519. The van der Waals surface area contributed by atoms with Crippen LogP contribution in [0, 0.1) is 0 Å². The molecule has 0 aliphatic rings. The number of carbonyl (C=O) groups is 1. The van der Waals surface area contributed by atoms with Crippen LogP contribution < -0.4 is 0 Å². The Labute approximate surface area is 167 Å². The normalized spacial score (nSPS) is 11.2. The van der Waals surface area contributed by atoms with Crippen LogP contribution in [0.3, 0.4) is 0 Å². The Hall–Kier alpha value is -2.92. The van der Waals surface area contributed by atoms with E-state index in [4.69, 9.17) is 4.74 Å². The average Bonchev–Trinajstić information content (AvgIpc) is 3.13. The van der Waals surface area contributed by atoms with Crippen LogP contribution in [0.1, 0.15) is 16.1 Å². The van der Waals surface area contributed by atoms with Gasteiger partial charge in [-0.05, 0) is 17.2 Å². The summed E-state index contributed by atoms with van der Waals surface area (Å²) < 4.78 is 7.21. The third-order valence-corrected chi connectivity index (χ3v) is 6.17. The zero-order valence-electron chi connectivity index (χ0n) is 16.7. The Morgan fingerprint density at radius 3 is 2.25 bits per heavy atom. The van der Waals surface area contributed by atoms with Gasteiger partial charge in [0.1, 0.15) is 0 Å². The van der Waals surface area contributed by atoms with Gasteiger partial charge in [-0.1, -0.05) is 86.9 Å². The minimum absolute atomic E-state index is 0.318. The molecule has 5 heteroatoms. The molecule has 0 radical (unpaired) electrons. The van der Waals surface area contributed by atoms with Gasteiger partial charge in [-0.15, -0.1) is 0 Å². The number of benzene rings is 2. The molecule has 0 N–H and O–H groups in total. The molecule has 1 aromatic heterocycles. The highest BCUT2D eigenvalue weighted by Crippen LogP contribution is 2.26. The number of hydrogen-bond acceptors (Lipinski definition) is 3. The molecule has 0 atom stereocenters. The third kappa shape index (κ3) is 4.87. The fourth-order valence-electron chi connectivity index (χ4n) is 2.77. The summed E-state index contributed by atoms with van der Waals surface area (Å²) in [5.74, 6) is -0.392. The summed E-state index contributed by atoms with van der Waals surface area (Å²) >= 11 is 0. The summed E-state index contributed by atoms with van der Waals surface area (Å²) in [6.45, 7) is 11.4. The number of aromatic nitrogens is 2. The lowest BCUT2D eigenvalue weighted by atomic mass is 10.1. The van der Waals surface area contributed by atoms with E-state index < -0.39 is 14.0 Å². The highest BCUT2D eigenvalue weighted by molar-refractivity contribution is 6.76. The van der Waals surface area contributed by atoms with Crippen molar-refractivity contribution in [3.8, 4) is 11.1 Å². The number of nitrogens with zero attached hydrogens (tertiary/aromatic N) is 2. The van der Waals surface area contributed by atoms with E-state index in [2.05, 4.69) is 31.3 Å². The SMILES string of the molecule is C=C(c1ccccc1)n1cc(-c2ccccc2)c(C(=O)OCC[Si](C)(C)C)n1. The molecule has 1 heterocycles. The first-order chi connectivity index (χ1) is 13.3. The predicted octanol–water partition coefficient (Wildman–Crippen LogP) is 5.56. The molecule has 0 saturated carbocycles. The van der Waals surface area contributed by atoms with Gasteiger partial charge in [-0.3, -0.25) is 0 Å². The number of carbonyl (C=O) groups excluding carboxylic acids is 1. The fraction of sp³-hybridized carbons (Fsp3) is 0.217. The minimum Gasteiger partial charge on any atom is -0.461 e. The van der Waals surface area contributed by atoms with Crippen molar-refractivity contribution in [2.45, 2.75) is 25.7 Å². The molecule has 3 aromatic rings. The first-order valence-electron chi connectivity index (χ1n) is 9.42. The number of ether oxygens (including phenoxy) is 1. The van der Waals surface area contributed by atoms with Gasteiger partial charge >= 0.3 is 5.97 Å². The minimum atomic E-state index is -1.28. The maximum atomic E-state index is 12.8. The van der Waals surface area contributed by atoms with E-state index in [0.717, 1.165) is 22.7 Å². The standard InChI is InChI=1S/C23H26N2O2Si/c1-18(19-11-7-5-8-12-19)25-17-21(20-13-9-6-10-14-20)22(24-25)23(26)27-15-16-28(2,3)4/h5-14,17H,1,15-16H2,2-4H3. The first-order valence-corrected chi connectivity index (χ1v) is 13.1. The van der Waals surface area contributed by atoms with E-state index >= 15 is 0 Å². The van der Waals surface area contributed by atoms with E-state index in [-0.39, 0.29) is 0 Å². The summed E-state index contributed by atoms with van der Waals surface area (Å²) in [6.07, 6.45) is 1.85. The highest BCUT2D eigenvalue weighted by Gasteiger charge is 2.22. The van der Waals surface area contributed by atoms with Crippen molar-refractivity contribution in [3.05, 3.63) is 84.7 Å². The maximum Gasteiger partial charge on any atom is 0.359 e. The molecule has 0 bridgehead atoms. The van der Waals surface area contributed by atoms with Crippen LogP contribution in [0.25, 0.3) is 16.8 Å². The first kappa shape index (κ1) is 19.8. The predicted molar refractivity (Wildman–Crippen MR) is 117 cm³/mol. The zero-order chi connectivity index (χ0) is 20.1. The Morgan fingerprint density at radius 2 is 1.64 bits per heavy atom. The smallest absolute Gasteiger partial charge is 0.359 e. The molecule has 4 nitrogen and oxygen atoms in total. The second-order valence-corrected chi connectivity index (χ2v) is 13.6. The molecule has 2 aromatic carbocycles. The molecule has 0 fully saturated rings. The van der Waals surface area contributed by atoms with E-state index in [1.54, 1.807) is 4.68 Å². The Kier molecular flexibility index (Phi) is 5.95. The van der Waals surface area contributed by atoms with E-state index in [0.29, 0.717) is 18.0 Å². The van der Waals surface area contributed by atoms with Crippen molar-refractivity contribution >= 4 is 19.7 Å². The van der Waals surface area contributed by atoms with E-state index in [9.17, 15) is 4.79 Å². The molecule has 0 spiro atoms. The van der Waals surface area contributed by atoms with Gasteiger partial charge in [-0.25, -0.2) is 9.48 Å². The maximum absolute atomic E-state index is 12.8. The van der Waals surface area contributed by atoms with Gasteiger partial charge in [-0.2, -0.15) is 5.10 Å². The van der Waals surface area contributed by atoms with Gasteiger partial charge in [0.2, 0.25) is 0 Å². The molecular formula is C23H26N2O2Si. The van der Waals surface area contributed by atoms with Crippen molar-refractivity contribution in [1.82, 2.24) is 9.78 Å². The van der Waals surface area contributed by atoms with Crippen molar-refractivity contribution in [3.63, 3.8) is 0 Å². The topological polar surface area (TPSA) is 44.1 Å². The largest absolute Gasteiger partial charge is 0.461 e. The van der Waals surface area contributed by atoms with E-state index in [1.807, 2.05) is 66.9 Å². The Balaban J connectivity index is 1.92. The molecule has 0 aliphatic heterocycles. The second kappa shape index (κ2) is 8.40. The van der Waals surface area contributed by atoms with E-state index in [1.165, 1.54) is 0 Å². The lowest BCUT2D eigenvalue weighted by Gasteiger charge is -2.15. The molecule has 3 rings (SSSR count). The van der Waals surface area contributed by atoms with Crippen LogP contribution in [-0.2, 0) is 4.74 Å². The molecule has 144 valence electrons. The molecular weight excluding hydrogens is 364 g/mol. The quantitative estimate of drug-likeness (QED) is 0.392. The number of esters is 1. The molecule has 0 amide bonds.